The number of amides is 1. The molecule has 1 N–H and O–H groups in total. The van der Waals surface area contributed by atoms with Crippen LogP contribution >= 0.6 is 11.6 Å². The fraction of sp³-hybridized carbons (Fsp3) is 0.458. The molecule has 1 aliphatic rings. The summed E-state index contributed by atoms with van der Waals surface area (Å²) in [6.07, 6.45) is 3.73. The zero-order valence-electron chi connectivity index (χ0n) is 18.7. The lowest BCUT2D eigenvalue weighted by Crippen LogP contribution is -2.32. The average molecular weight is 463 g/mol. The van der Waals surface area contributed by atoms with Crippen molar-refractivity contribution in [3.63, 3.8) is 0 Å². The molecule has 0 aliphatic carbocycles. The maximum absolute atomic E-state index is 13.2. The molecule has 0 spiro atoms. The van der Waals surface area contributed by atoms with Gasteiger partial charge in [-0.15, -0.1) is 0 Å². The lowest BCUT2D eigenvalue weighted by Gasteiger charge is -2.21. The minimum atomic E-state index is -3.75. The van der Waals surface area contributed by atoms with Gasteiger partial charge >= 0.3 is 0 Å². The van der Waals surface area contributed by atoms with E-state index in [1.807, 2.05) is 20.8 Å². The van der Waals surface area contributed by atoms with Gasteiger partial charge in [-0.25, -0.2) is 8.42 Å². The SMILES string of the molecule is Cc1cc(C)c([C@@H](C)NC(=O)c2ccc(Cl)c(S(=O)(=O)N3CCCCCC3)c2)cc1C. The highest BCUT2D eigenvalue weighted by Gasteiger charge is 2.28. The molecule has 1 heterocycles. The third-order valence-electron chi connectivity index (χ3n) is 6.07. The summed E-state index contributed by atoms with van der Waals surface area (Å²) in [6, 6.07) is 8.45. The summed E-state index contributed by atoms with van der Waals surface area (Å²) in [4.78, 5) is 12.9. The van der Waals surface area contributed by atoms with E-state index in [9.17, 15) is 13.2 Å². The Bertz CT molecular complexity index is 1070. The summed E-state index contributed by atoms with van der Waals surface area (Å²) in [5.74, 6) is -0.325. The van der Waals surface area contributed by atoms with E-state index >= 15 is 0 Å². The van der Waals surface area contributed by atoms with Gasteiger partial charge in [-0.1, -0.05) is 36.6 Å². The smallest absolute Gasteiger partial charge is 0.251 e. The van der Waals surface area contributed by atoms with E-state index in [4.69, 9.17) is 11.6 Å². The van der Waals surface area contributed by atoms with Gasteiger partial charge in [0.1, 0.15) is 4.90 Å². The quantitative estimate of drug-likeness (QED) is 0.653. The van der Waals surface area contributed by atoms with Gasteiger partial charge in [0.25, 0.3) is 5.91 Å². The molecule has 1 atom stereocenters. The maximum Gasteiger partial charge on any atom is 0.251 e. The third kappa shape index (κ3) is 5.30. The van der Waals surface area contributed by atoms with Crippen molar-refractivity contribution in [2.24, 2.45) is 0 Å². The minimum absolute atomic E-state index is 0.00118. The molecule has 1 aliphatic heterocycles. The number of halogens is 1. The number of hydrogen-bond acceptors (Lipinski definition) is 3. The second-order valence-electron chi connectivity index (χ2n) is 8.45. The van der Waals surface area contributed by atoms with Gasteiger partial charge in [0.15, 0.2) is 0 Å². The molecule has 168 valence electrons. The molecule has 1 fully saturated rings. The zero-order chi connectivity index (χ0) is 22.8. The Labute approximate surface area is 190 Å². The van der Waals surface area contributed by atoms with Crippen molar-refractivity contribution in [1.29, 1.82) is 0 Å². The molecule has 3 rings (SSSR count). The first kappa shape index (κ1) is 23.8. The summed E-state index contributed by atoms with van der Waals surface area (Å²) in [5, 5.41) is 3.14. The van der Waals surface area contributed by atoms with Gasteiger partial charge in [-0.05, 0) is 81.0 Å². The fourth-order valence-corrected chi connectivity index (χ4v) is 6.09. The van der Waals surface area contributed by atoms with Crippen LogP contribution in [0.3, 0.4) is 0 Å². The molecule has 31 heavy (non-hydrogen) atoms. The molecule has 1 saturated heterocycles. The van der Waals surface area contributed by atoms with E-state index in [0.29, 0.717) is 13.1 Å². The molecule has 1 amide bonds. The fourth-order valence-electron chi connectivity index (χ4n) is 4.07. The van der Waals surface area contributed by atoms with Crippen LogP contribution in [0.2, 0.25) is 5.02 Å². The summed E-state index contributed by atoms with van der Waals surface area (Å²) in [6.45, 7) is 9.04. The van der Waals surface area contributed by atoms with E-state index in [1.54, 1.807) is 6.07 Å². The van der Waals surface area contributed by atoms with Gasteiger partial charge in [0, 0.05) is 18.7 Å². The second kappa shape index (κ2) is 9.72. The second-order valence-corrected chi connectivity index (χ2v) is 10.8. The predicted octanol–water partition coefficient (Wildman–Crippen LogP) is 5.32. The molecule has 2 aromatic rings. The van der Waals surface area contributed by atoms with Crippen molar-refractivity contribution >= 4 is 27.5 Å². The van der Waals surface area contributed by atoms with Crippen LogP contribution in [0.5, 0.6) is 0 Å². The number of aryl methyl sites for hydroxylation is 3. The number of carbonyl (C=O) groups is 1. The van der Waals surface area contributed by atoms with Gasteiger partial charge in [-0.2, -0.15) is 4.31 Å². The molecule has 0 saturated carbocycles. The first-order chi connectivity index (χ1) is 14.6. The van der Waals surface area contributed by atoms with E-state index in [-0.39, 0.29) is 27.4 Å². The van der Waals surface area contributed by atoms with Crippen molar-refractivity contribution in [3.05, 3.63) is 63.2 Å². The summed E-state index contributed by atoms with van der Waals surface area (Å²) in [7, 11) is -3.75. The highest BCUT2D eigenvalue weighted by molar-refractivity contribution is 7.89. The summed E-state index contributed by atoms with van der Waals surface area (Å²) >= 11 is 6.26. The van der Waals surface area contributed by atoms with E-state index in [2.05, 4.69) is 24.4 Å². The molecular formula is C24H31ClN2O3S. The number of hydrogen-bond donors (Lipinski definition) is 1. The van der Waals surface area contributed by atoms with Crippen molar-refractivity contribution in [2.75, 3.05) is 13.1 Å². The Morgan fingerprint density at radius 1 is 0.968 bits per heavy atom. The molecular weight excluding hydrogens is 432 g/mol. The van der Waals surface area contributed by atoms with Crippen LogP contribution in [0.1, 0.15) is 71.3 Å². The van der Waals surface area contributed by atoms with Crippen LogP contribution in [0, 0.1) is 20.8 Å². The number of nitrogens with zero attached hydrogens (tertiary/aromatic N) is 1. The maximum atomic E-state index is 13.2. The number of sulfonamides is 1. The van der Waals surface area contributed by atoms with E-state index in [0.717, 1.165) is 36.8 Å². The highest BCUT2D eigenvalue weighted by atomic mass is 35.5. The molecule has 0 aromatic heterocycles. The molecule has 0 unspecified atom stereocenters. The number of rotatable bonds is 5. The molecule has 0 bridgehead atoms. The normalized spacial score (nSPS) is 16.5. The largest absolute Gasteiger partial charge is 0.346 e. The Balaban J connectivity index is 1.85. The van der Waals surface area contributed by atoms with Crippen LogP contribution in [0.25, 0.3) is 0 Å². The Hall–Kier alpha value is -1.89. The lowest BCUT2D eigenvalue weighted by molar-refractivity contribution is 0.0939. The van der Waals surface area contributed by atoms with Gasteiger partial charge in [0.2, 0.25) is 10.0 Å². The van der Waals surface area contributed by atoms with Crippen LogP contribution in [-0.2, 0) is 10.0 Å². The van der Waals surface area contributed by atoms with E-state index in [1.165, 1.54) is 27.6 Å². The topological polar surface area (TPSA) is 66.5 Å². The van der Waals surface area contributed by atoms with Gasteiger partial charge in [0.05, 0.1) is 11.1 Å². The Morgan fingerprint density at radius 2 is 1.58 bits per heavy atom. The van der Waals surface area contributed by atoms with Gasteiger partial charge in [-0.3, -0.25) is 4.79 Å². The first-order valence-electron chi connectivity index (χ1n) is 10.8. The molecule has 5 nitrogen and oxygen atoms in total. The molecule has 7 heteroatoms. The van der Waals surface area contributed by atoms with Gasteiger partial charge < -0.3 is 5.32 Å². The summed E-state index contributed by atoms with van der Waals surface area (Å²) < 4.78 is 27.9. The van der Waals surface area contributed by atoms with Crippen LogP contribution in [0.4, 0.5) is 0 Å². The molecule has 2 aromatic carbocycles. The highest BCUT2D eigenvalue weighted by Crippen LogP contribution is 2.28. The average Bonchev–Trinajstić information content (AvgIpc) is 3.01. The van der Waals surface area contributed by atoms with Crippen molar-refractivity contribution in [1.82, 2.24) is 9.62 Å². The van der Waals surface area contributed by atoms with Crippen LogP contribution in [0.15, 0.2) is 35.2 Å². The summed E-state index contributed by atoms with van der Waals surface area (Å²) in [5.41, 5.74) is 4.81. The van der Waals surface area contributed by atoms with Crippen LogP contribution < -0.4 is 5.32 Å². The minimum Gasteiger partial charge on any atom is -0.346 e. The standard InChI is InChI=1S/C24H31ClN2O3S/c1-16-13-18(3)21(14-17(16)2)19(4)26-24(28)20-9-10-22(25)23(15-20)31(29,30)27-11-7-5-6-8-12-27/h9-10,13-15,19H,5-8,11-12H2,1-4H3,(H,26,28)/t19-/m1/s1. The van der Waals surface area contributed by atoms with Crippen molar-refractivity contribution in [2.45, 2.75) is 64.3 Å². The Kier molecular flexibility index (Phi) is 7.45. The Morgan fingerprint density at radius 3 is 2.23 bits per heavy atom. The first-order valence-corrected chi connectivity index (χ1v) is 12.6. The van der Waals surface area contributed by atoms with Crippen molar-refractivity contribution in [3.8, 4) is 0 Å². The third-order valence-corrected chi connectivity index (χ3v) is 8.45. The van der Waals surface area contributed by atoms with E-state index < -0.39 is 10.0 Å². The monoisotopic (exact) mass is 462 g/mol. The number of nitrogens with one attached hydrogen (secondary N) is 1. The number of benzene rings is 2. The number of carbonyl (C=O) groups excluding carboxylic acids is 1. The van der Waals surface area contributed by atoms with Crippen LogP contribution in [-0.4, -0.2) is 31.7 Å². The molecule has 0 radical (unpaired) electrons. The zero-order valence-corrected chi connectivity index (χ0v) is 20.2. The predicted molar refractivity (Wildman–Crippen MR) is 125 cm³/mol. The lowest BCUT2D eigenvalue weighted by atomic mass is 9.96. The van der Waals surface area contributed by atoms with Crippen molar-refractivity contribution < 1.29 is 13.2 Å².